The van der Waals surface area contributed by atoms with E-state index < -0.39 is 0 Å². The zero-order valence-corrected chi connectivity index (χ0v) is 10.3. The third kappa shape index (κ3) is 3.70. The van der Waals surface area contributed by atoms with Gasteiger partial charge in [0.2, 0.25) is 0 Å². The maximum absolute atomic E-state index is 9.92. The molecule has 3 N–H and O–H groups in total. The molecule has 0 aromatic heterocycles. The number of rotatable bonds is 8. The maximum atomic E-state index is 9.92. The van der Waals surface area contributed by atoms with Gasteiger partial charge in [0.05, 0.1) is 6.10 Å². The van der Waals surface area contributed by atoms with Crippen LogP contribution in [0.25, 0.3) is 0 Å². The van der Waals surface area contributed by atoms with Crippen LogP contribution in [0.1, 0.15) is 32.1 Å². The van der Waals surface area contributed by atoms with Crippen molar-refractivity contribution in [3.63, 3.8) is 0 Å². The summed E-state index contributed by atoms with van der Waals surface area (Å²) in [6.45, 7) is 2.73. The van der Waals surface area contributed by atoms with Gasteiger partial charge in [0.1, 0.15) is 0 Å². The summed E-state index contributed by atoms with van der Waals surface area (Å²) in [4.78, 5) is 0. The predicted octanol–water partition coefficient (Wildman–Crippen LogP) is 0.919. The van der Waals surface area contributed by atoms with Gasteiger partial charge in [-0.15, -0.1) is 0 Å². The molecule has 1 aliphatic carbocycles. The lowest BCUT2D eigenvalue weighted by atomic mass is 9.81. The van der Waals surface area contributed by atoms with Gasteiger partial charge in [-0.3, -0.25) is 0 Å². The minimum atomic E-state index is -0.236. The van der Waals surface area contributed by atoms with Gasteiger partial charge in [-0.05, 0) is 25.7 Å². The lowest BCUT2D eigenvalue weighted by Gasteiger charge is -2.31. The first-order valence-corrected chi connectivity index (χ1v) is 6.20. The molecule has 1 fully saturated rings. The van der Waals surface area contributed by atoms with Crippen molar-refractivity contribution in [2.75, 3.05) is 33.5 Å². The van der Waals surface area contributed by atoms with Gasteiger partial charge in [0.25, 0.3) is 0 Å². The molecule has 0 radical (unpaired) electrons. The first-order valence-electron chi connectivity index (χ1n) is 6.20. The van der Waals surface area contributed by atoms with E-state index in [-0.39, 0.29) is 11.5 Å². The van der Waals surface area contributed by atoms with Crippen LogP contribution in [0.2, 0.25) is 0 Å². The third-order valence-electron chi connectivity index (χ3n) is 3.65. The van der Waals surface area contributed by atoms with E-state index >= 15 is 0 Å². The van der Waals surface area contributed by atoms with Crippen LogP contribution < -0.4 is 5.73 Å². The molecule has 1 aliphatic rings. The normalized spacial score (nSPS) is 29.8. The van der Waals surface area contributed by atoms with Crippen molar-refractivity contribution >= 4 is 0 Å². The van der Waals surface area contributed by atoms with Crippen molar-refractivity contribution in [3.8, 4) is 0 Å². The number of hydrogen-bond donors (Lipinski definition) is 2. The van der Waals surface area contributed by atoms with Gasteiger partial charge in [0, 0.05) is 38.9 Å². The molecule has 2 atom stereocenters. The van der Waals surface area contributed by atoms with Gasteiger partial charge < -0.3 is 20.3 Å². The molecular formula is C12H25NO3. The van der Waals surface area contributed by atoms with Crippen molar-refractivity contribution in [1.29, 1.82) is 0 Å². The molecule has 0 amide bonds. The predicted molar refractivity (Wildman–Crippen MR) is 63.3 cm³/mol. The average molecular weight is 231 g/mol. The van der Waals surface area contributed by atoms with Gasteiger partial charge in [-0.1, -0.05) is 6.42 Å². The summed E-state index contributed by atoms with van der Waals surface area (Å²) in [5.41, 5.74) is 5.70. The number of ether oxygens (including phenoxy) is 2. The molecule has 4 heteroatoms. The first-order chi connectivity index (χ1) is 7.75. The van der Waals surface area contributed by atoms with Crippen LogP contribution in [-0.4, -0.2) is 44.7 Å². The van der Waals surface area contributed by atoms with Gasteiger partial charge in [-0.2, -0.15) is 0 Å². The monoisotopic (exact) mass is 231 g/mol. The Morgan fingerprint density at radius 2 is 2.19 bits per heavy atom. The second kappa shape index (κ2) is 7.22. The summed E-state index contributed by atoms with van der Waals surface area (Å²) in [6.07, 6.45) is 4.57. The number of aliphatic hydroxyl groups excluding tert-OH is 1. The summed E-state index contributed by atoms with van der Waals surface area (Å²) >= 11 is 0. The Labute approximate surface area is 98.1 Å². The second-order valence-corrected chi connectivity index (χ2v) is 4.68. The van der Waals surface area contributed by atoms with Crippen LogP contribution in [0, 0.1) is 5.41 Å². The second-order valence-electron chi connectivity index (χ2n) is 4.68. The van der Waals surface area contributed by atoms with Gasteiger partial charge in [0.15, 0.2) is 0 Å². The number of methoxy groups -OCH3 is 1. The summed E-state index contributed by atoms with van der Waals surface area (Å²) in [5.74, 6) is 0. The van der Waals surface area contributed by atoms with Crippen molar-refractivity contribution < 1.29 is 14.6 Å². The van der Waals surface area contributed by atoms with E-state index in [1.807, 2.05) is 0 Å². The minimum Gasteiger partial charge on any atom is -0.392 e. The molecule has 0 heterocycles. The van der Waals surface area contributed by atoms with E-state index in [1.54, 1.807) is 7.11 Å². The van der Waals surface area contributed by atoms with Gasteiger partial charge >= 0.3 is 0 Å². The number of hydrogen-bond acceptors (Lipinski definition) is 4. The highest BCUT2D eigenvalue weighted by atomic mass is 16.5. The fourth-order valence-corrected chi connectivity index (χ4v) is 2.43. The zero-order chi connectivity index (χ0) is 11.9. The lowest BCUT2D eigenvalue weighted by molar-refractivity contribution is 0.0185. The molecular weight excluding hydrogens is 206 g/mol. The van der Waals surface area contributed by atoms with Crippen LogP contribution in [0.15, 0.2) is 0 Å². The van der Waals surface area contributed by atoms with E-state index in [9.17, 15) is 5.11 Å². The number of nitrogens with two attached hydrogens (primary N) is 1. The van der Waals surface area contributed by atoms with E-state index in [0.717, 1.165) is 45.3 Å². The van der Waals surface area contributed by atoms with Crippen molar-refractivity contribution in [1.82, 2.24) is 0 Å². The quantitative estimate of drug-likeness (QED) is 0.610. The molecule has 1 saturated carbocycles. The maximum Gasteiger partial charge on any atom is 0.0609 e. The fraction of sp³-hybridized carbons (Fsp3) is 1.00. The molecule has 0 aromatic rings. The van der Waals surface area contributed by atoms with Crippen LogP contribution in [0.3, 0.4) is 0 Å². The first kappa shape index (κ1) is 13.9. The molecule has 0 aromatic carbocycles. The molecule has 1 rings (SSSR count). The average Bonchev–Trinajstić information content (AvgIpc) is 2.66. The topological polar surface area (TPSA) is 64.7 Å². The fourth-order valence-electron chi connectivity index (χ4n) is 2.43. The summed E-state index contributed by atoms with van der Waals surface area (Å²) in [5, 5.41) is 9.92. The zero-order valence-electron chi connectivity index (χ0n) is 10.3. The van der Waals surface area contributed by atoms with E-state index in [0.29, 0.717) is 13.2 Å². The highest BCUT2D eigenvalue weighted by molar-refractivity contribution is 4.92. The third-order valence-corrected chi connectivity index (χ3v) is 3.65. The SMILES string of the molecule is COCCCOCCC1(CN)CCCC1O. The molecule has 0 aliphatic heterocycles. The Morgan fingerprint density at radius 1 is 1.38 bits per heavy atom. The Kier molecular flexibility index (Phi) is 6.28. The van der Waals surface area contributed by atoms with Crippen LogP contribution in [0.4, 0.5) is 0 Å². The van der Waals surface area contributed by atoms with Crippen molar-refractivity contribution in [2.24, 2.45) is 11.1 Å². The Morgan fingerprint density at radius 3 is 2.75 bits per heavy atom. The Hall–Kier alpha value is -0.160. The molecule has 16 heavy (non-hydrogen) atoms. The largest absolute Gasteiger partial charge is 0.392 e. The van der Waals surface area contributed by atoms with Crippen LogP contribution in [-0.2, 0) is 9.47 Å². The number of aliphatic hydroxyl groups is 1. The van der Waals surface area contributed by atoms with Crippen LogP contribution >= 0.6 is 0 Å². The molecule has 2 unspecified atom stereocenters. The van der Waals surface area contributed by atoms with E-state index in [1.165, 1.54) is 0 Å². The molecule has 0 spiro atoms. The molecule has 0 saturated heterocycles. The van der Waals surface area contributed by atoms with E-state index in [4.69, 9.17) is 15.2 Å². The summed E-state index contributed by atoms with van der Waals surface area (Å²) in [6, 6.07) is 0. The molecule has 96 valence electrons. The van der Waals surface area contributed by atoms with Crippen molar-refractivity contribution in [2.45, 2.75) is 38.2 Å². The lowest BCUT2D eigenvalue weighted by Crippen LogP contribution is -2.38. The standard InChI is InChI=1S/C12H25NO3/c1-15-7-3-8-16-9-6-12(10-13)5-2-4-11(12)14/h11,14H,2-10,13H2,1H3. The Balaban J connectivity index is 2.14. The summed E-state index contributed by atoms with van der Waals surface area (Å²) in [7, 11) is 1.69. The Bertz CT molecular complexity index is 189. The van der Waals surface area contributed by atoms with Crippen LogP contribution in [0.5, 0.6) is 0 Å². The highest BCUT2D eigenvalue weighted by Crippen LogP contribution is 2.40. The highest BCUT2D eigenvalue weighted by Gasteiger charge is 2.40. The molecule has 0 bridgehead atoms. The molecule has 4 nitrogen and oxygen atoms in total. The van der Waals surface area contributed by atoms with Gasteiger partial charge in [-0.25, -0.2) is 0 Å². The smallest absolute Gasteiger partial charge is 0.0609 e. The van der Waals surface area contributed by atoms with Crippen molar-refractivity contribution in [3.05, 3.63) is 0 Å². The summed E-state index contributed by atoms with van der Waals surface area (Å²) < 4.78 is 10.5. The van der Waals surface area contributed by atoms with E-state index in [2.05, 4.69) is 0 Å². The minimum absolute atomic E-state index is 0.0821.